The van der Waals surface area contributed by atoms with Gasteiger partial charge in [0.1, 0.15) is 41.2 Å². The molecule has 3 aromatic carbocycles. The van der Waals surface area contributed by atoms with Crippen LogP contribution in [-0.2, 0) is 33.7 Å². The van der Waals surface area contributed by atoms with Gasteiger partial charge in [-0.25, -0.2) is 9.46 Å². The van der Waals surface area contributed by atoms with Gasteiger partial charge >= 0.3 is 5.69 Å². The van der Waals surface area contributed by atoms with Crippen molar-refractivity contribution in [3.05, 3.63) is 118 Å². The van der Waals surface area contributed by atoms with E-state index in [0.717, 1.165) is 36.0 Å². The summed E-state index contributed by atoms with van der Waals surface area (Å²) in [6, 6.07) is 27.5. The lowest BCUT2D eigenvalue weighted by molar-refractivity contribution is -0.114. The molecule has 5 rings (SSSR count). The van der Waals surface area contributed by atoms with E-state index in [1.807, 2.05) is 78.9 Å². The minimum absolute atomic E-state index is 0.0115. The maximum absolute atomic E-state index is 14.0. The van der Waals surface area contributed by atoms with Gasteiger partial charge in [0.15, 0.2) is 6.23 Å². The zero-order valence-electron chi connectivity index (χ0n) is 43.9. The first-order valence-electron chi connectivity index (χ1n) is 26.2. The van der Waals surface area contributed by atoms with Gasteiger partial charge in [0.25, 0.3) is 8.53 Å². The van der Waals surface area contributed by atoms with Gasteiger partial charge in [0.2, 0.25) is 5.91 Å². The summed E-state index contributed by atoms with van der Waals surface area (Å²) in [5.74, 6) is 1.20. The highest BCUT2D eigenvalue weighted by molar-refractivity contribution is 7.44. The first kappa shape index (κ1) is 57.7. The minimum atomic E-state index is -1.74. The predicted molar refractivity (Wildman–Crippen MR) is 284 cm³/mol. The molecule has 5 atom stereocenters. The molecule has 14 nitrogen and oxygen atoms in total. The normalized spacial score (nSPS) is 17.6. The molecule has 0 radical (unpaired) electrons. The summed E-state index contributed by atoms with van der Waals surface area (Å²) >= 11 is 0. The van der Waals surface area contributed by atoms with E-state index in [2.05, 4.69) is 49.6 Å². The summed E-state index contributed by atoms with van der Waals surface area (Å²) in [4.78, 5) is 30.3. The number of aromatic nitrogens is 2. The number of methoxy groups -OCH3 is 2. The van der Waals surface area contributed by atoms with Crippen LogP contribution < -0.4 is 26.2 Å². The van der Waals surface area contributed by atoms with Crippen molar-refractivity contribution in [2.75, 3.05) is 45.9 Å². The lowest BCUT2D eigenvalue weighted by Gasteiger charge is -2.39. The van der Waals surface area contributed by atoms with Crippen LogP contribution in [0.2, 0.25) is 0 Å². The molecule has 392 valence electrons. The molecule has 0 bridgehead atoms. The molecule has 1 amide bonds. The Morgan fingerprint density at radius 1 is 0.746 bits per heavy atom. The summed E-state index contributed by atoms with van der Waals surface area (Å²) < 4.78 is 50.1. The van der Waals surface area contributed by atoms with Gasteiger partial charge in [-0.1, -0.05) is 145 Å². The Bertz CT molecular complexity index is 2110. The van der Waals surface area contributed by atoms with Gasteiger partial charge in [-0.2, -0.15) is 4.98 Å². The number of anilines is 1. The Balaban J connectivity index is 1.50. The fourth-order valence-corrected chi connectivity index (χ4v) is 11.2. The number of rotatable bonds is 34. The van der Waals surface area contributed by atoms with E-state index in [0.29, 0.717) is 24.7 Å². The molecule has 1 aromatic heterocycles. The third kappa shape index (κ3) is 16.9. The summed E-state index contributed by atoms with van der Waals surface area (Å²) in [5, 5.41) is 2.63. The van der Waals surface area contributed by atoms with E-state index in [4.69, 9.17) is 38.5 Å². The molecule has 1 aliphatic rings. The first-order valence-corrected chi connectivity index (χ1v) is 27.3. The van der Waals surface area contributed by atoms with Crippen molar-refractivity contribution < 1.29 is 37.5 Å². The van der Waals surface area contributed by atoms with Crippen LogP contribution in [0.3, 0.4) is 0 Å². The number of amides is 1. The second-order valence-electron chi connectivity index (χ2n) is 19.0. The number of hydrogen-bond donors (Lipinski definition) is 2. The molecule has 3 N–H and O–H groups in total. The van der Waals surface area contributed by atoms with Crippen molar-refractivity contribution in [2.45, 2.75) is 174 Å². The van der Waals surface area contributed by atoms with Crippen LogP contribution in [0.25, 0.3) is 0 Å². The summed E-state index contributed by atoms with van der Waals surface area (Å²) in [6.45, 7) is 13.1. The SMILES string of the molecule is CCCCCCCCCCCCCCCCOC1C(OP(OCCN)N(C(C)C)C(C)C)[C@@H](COC(c2ccccc2)(c2ccc(OC)cc2)c2ccc(OC)cc2)O[C@H]1n1ccc(NC(C)=O)nc1=O. The smallest absolute Gasteiger partial charge is 0.351 e. The van der Waals surface area contributed by atoms with Crippen LogP contribution in [0, 0.1) is 0 Å². The van der Waals surface area contributed by atoms with Crippen LogP contribution in [0.1, 0.15) is 154 Å². The minimum Gasteiger partial charge on any atom is -0.497 e. The molecular weight excluding hydrogens is 918 g/mol. The predicted octanol–water partition coefficient (Wildman–Crippen LogP) is 11.7. The van der Waals surface area contributed by atoms with Crippen molar-refractivity contribution >= 4 is 20.3 Å². The van der Waals surface area contributed by atoms with E-state index in [-0.39, 0.29) is 37.0 Å². The molecular formula is C56H84N5O9P. The van der Waals surface area contributed by atoms with Crippen LogP contribution in [-0.4, -0.2) is 91.1 Å². The van der Waals surface area contributed by atoms with Crippen molar-refractivity contribution in [1.82, 2.24) is 14.2 Å². The Morgan fingerprint density at radius 3 is 1.75 bits per heavy atom. The fraction of sp³-hybridized carbons (Fsp3) is 0.589. The molecule has 1 saturated heterocycles. The van der Waals surface area contributed by atoms with Gasteiger partial charge in [-0.15, -0.1) is 0 Å². The van der Waals surface area contributed by atoms with Crippen LogP contribution in [0.4, 0.5) is 5.82 Å². The Hall–Kier alpha value is -4.24. The Morgan fingerprint density at radius 2 is 1.27 bits per heavy atom. The average Bonchev–Trinajstić information content (AvgIpc) is 3.70. The zero-order chi connectivity index (χ0) is 51.0. The molecule has 1 aliphatic heterocycles. The van der Waals surface area contributed by atoms with Gasteiger partial charge < -0.3 is 43.8 Å². The van der Waals surface area contributed by atoms with Gasteiger partial charge in [0.05, 0.1) is 27.4 Å². The highest BCUT2D eigenvalue weighted by Crippen LogP contribution is 2.51. The van der Waals surface area contributed by atoms with Crippen LogP contribution in [0.15, 0.2) is 95.9 Å². The number of nitrogens with two attached hydrogens (primary N) is 1. The maximum Gasteiger partial charge on any atom is 0.351 e. The summed E-state index contributed by atoms with van der Waals surface area (Å²) in [7, 11) is 1.54. The third-order valence-electron chi connectivity index (χ3n) is 12.9. The van der Waals surface area contributed by atoms with Crippen LogP contribution in [0.5, 0.6) is 11.5 Å². The number of nitrogens with one attached hydrogen (secondary N) is 1. The van der Waals surface area contributed by atoms with Gasteiger partial charge in [-0.3, -0.25) is 9.36 Å². The number of hydrogen-bond acceptors (Lipinski definition) is 12. The second-order valence-corrected chi connectivity index (χ2v) is 20.4. The molecule has 1 fully saturated rings. The first-order chi connectivity index (χ1) is 34.5. The fourth-order valence-electron chi connectivity index (χ4n) is 9.38. The number of nitrogens with zero attached hydrogens (tertiary/aromatic N) is 3. The van der Waals surface area contributed by atoms with Gasteiger partial charge in [-0.05, 0) is 81.1 Å². The highest BCUT2D eigenvalue weighted by Gasteiger charge is 2.51. The largest absolute Gasteiger partial charge is 0.497 e. The number of benzene rings is 3. The number of unbranched alkanes of at least 4 members (excludes halogenated alkanes) is 13. The molecule has 3 unspecified atom stereocenters. The lowest BCUT2D eigenvalue weighted by Crippen LogP contribution is -2.43. The summed E-state index contributed by atoms with van der Waals surface area (Å²) in [5.41, 5.74) is 6.84. The second kappa shape index (κ2) is 30.7. The molecule has 0 spiro atoms. The van der Waals surface area contributed by atoms with E-state index in [1.165, 1.54) is 82.1 Å². The zero-order valence-corrected chi connectivity index (χ0v) is 44.8. The van der Waals surface area contributed by atoms with E-state index in [9.17, 15) is 9.59 Å². The Labute approximate surface area is 425 Å². The average molecular weight is 1000 g/mol. The number of carbonyl (C=O) groups is 1. The third-order valence-corrected chi connectivity index (χ3v) is 15.0. The van der Waals surface area contributed by atoms with E-state index >= 15 is 0 Å². The number of ether oxygens (including phenoxy) is 5. The molecule has 0 saturated carbocycles. The topological polar surface area (TPSA) is 158 Å². The standard InChI is InChI=1S/C56H84N5O9P/c1-9-10-11-12-13-14-15-16-17-18-19-20-21-25-39-66-53-52(70-71(68-40-37-57)61(42(2)3)43(4)5)50(69-54(53)60-38-36-51(58-44(6)62)59-55(60)63)41-67-56(45-26-23-22-24-27-45,46-28-32-48(64-7)33-29-46)47-30-34-49(65-8)35-31-47/h22-24,26-36,38,42-43,50,52-54H,9-21,25,37,39-41,57H2,1-8H3,(H,58,59,62,63)/t50-,52?,53?,54-,71?/m1/s1. The van der Waals surface area contributed by atoms with E-state index in [1.54, 1.807) is 26.5 Å². The highest BCUT2D eigenvalue weighted by atomic mass is 31.2. The monoisotopic (exact) mass is 1000 g/mol. The lowest BCUT2D eigenvalue weighted by atomic mass is 9.80. The molecule has 71 heavy (non-hydrogen) atoms. The van der Waals surface area contributed by atoms with Gasteiger partial charge in [0, 0.05) is 38.4 Å². The maximum atomic E-state index is 14.0. The van der Waals surface area contributed by atoms with Crippen molar-refractivity contribution in [3.63, 3.8) is 0 Å². The molecule has 4 aromatic rings. The quantitative estimate of drug-likeness (QED) is 0.0260. The molecule has 2 heterocycles. The van der Waals surface area contributed by atoms with Crippen molar-refractivity contribution in [1.29, 1.82) is 0 Å². The van der Waals surface area contributed by atoms with E-state index < -0.39 is 44.4 Å². The Kier molecular flexibility index (Phi) is 24.9. The summed E-state index contributed by atoms with van der Waals surface area (Å²) in [6.07, 6.45) is 15.5. The van der Waals surface area contributed by atoms with Crippen molar-refractivity contribution in [2.24, 2.45) is 5.73 Å². The van der Waals surface area contributed by atoms with Crippen molar-refractivity contribution in [3.8, 4) is 11.5 Å². The molecule has 15 heteroatoms. The molecule has 0 aliphatic carbocycles. The number of carbonyl (C=O) groups excluding carboxylic acids is 1. The van der Waals surface area contributed by atoms with Crippen LogP contribution >= 0.6 is 8.53 Å².